The van der Waals surface area contributed by atoms with E-state index in [0.717, 1.165) is 48.4 Å². The summed E-state index contributed by atoms with van der Waals surface area (Å²) in [6.07, 6.45) is 1.09. The van der Waals surface area contributed by atoms with Gasteiger partial charge in [-0.15, -0.1) is 0 Å². The van der Waals surface area contributed by atoms with Gasteiger partial charge in [-0.2, -0.15) is 0 Å². The Morgan fingerprint density at radius 3 is 2.29 bits per heavy atom. The summed E-state index contributed by atoms with van der Waals surface area (Å²) in [4.78, 5) is 35.4. The molecule has 34 heavy (non-hydrogen) atoms. The highest BCUT2D eigenvalue weighted by Crippen LogP contribution is 2.27. The molecule has 1 aromatic heterocycles. The number of rotatable bonds is 7. The van der Waals surface area contributed by atoms with E-state index >= 15 is 0 Å². The Balaban J connectivity index is 1.15. The van der Waals surface area contributed by atoms with Gasteiger partial charge in [0.2, 0.25) is 0 Å². The Bertz CT molecular complexity index is 1190. The molecule has 0 bridgehead atoms. The van der Waals surface area contributed by atoms with E-state index < -0.39 is 6.10 Å². The van der Waals surface area contributed by atoms with Crippen LogP contribution in [0.4, 0.5) is 0 Å². The van der Waals surface area contributed by atoms with Crippen LogP contribution in [0.3, 0.4) is 0 Å². The van der Waals surface area contributed by atoms with Gasteiger partial charge in [-0.05, 0) is 42.0 Å². The minimum absolute atomic E-state index is 0.205. The number of fused-ring (bicyclic) bond motifs is 2. The molecule has 0 saturated carbocycles. The van der Waals surface area contributed by atoms with Gasteiger partial charge in [-0.1, -0.05) is 12.1 Å². The molecule has 2 amide bonds. The van der Waals surface area contributed by atoms with Gasteiger partial charge in [0.05, 0.1) is 29.9 Å². The van der Waals surface area contributed by atoms with Gasteiger partial charge < -0.3 is 9.84 Å². The van der Waals surface area contributed by atoms with Gasteiger partial charge >= 0.3 is 0 Å². The summed E-state index contributed by atoms with van der Waals surface area (Å²) >= 11 is 0. The van der Waals surface area contributed by atoms with Crippen molar-refractivity contribution in [2.75, 3.05) is 52.9 Å². The second-order valence-electron chi connectivity index (χ2n) is 8.75. The van der Waals surface area contributed by atoms with Crippen molar-refractivity contribution in [2.45, 2.75) is 6.10 Å². The smallest absolute Gasteiger partial charge is 0.261 e. The highest BCUT2D eigenvalue weighted by molar-refractivity contribution is 6.21. The molecule has 1 saturated heterocycles. The second kappa shape index (κ2) is 9.50. The van der Waals surface area contributed by atoms with Crippen molar-refractivity contribution in [1.82, 2.24) is 19.7 Å². The van der Waals surface area contributed by atoms with E-state index in [1.807, 2.05) is 24.3 Å². The molecule has 8 heteroatoms. The number of carbonyl (C=O) groups is 2. The average molecular weight is 461 g/mol. The first-order valence-electron chi connectivity index (χ1n) is 11.6. The van der Waals surface area contributed by atoms with Crippen molar-refractivity contribution in [3.8, 4) is 5.75 Å². The normalized spacial score (nSPS) is 17.9. The van der Waals surface area contributed by atoms with Crippen molar-refractivity contribution in [1.29, 1.82) is 0 Å². The molecule has 8 nitrogen and oxygen atoms in total. The molecule has 1 atom stereocenters. The number of amides is 2. The number of piperazine rings is 1. The van der Waals surface area contributed by atoms with Crippen molar-refractivity contribution >= 4 is 22.7 Å². The first-order chi connectivity index (χ1) is 16.5. The molecule has 0 radical (unpaired) electrons. The van der Waals surface area contributed by atoms with Crippen molar-refractivity contribution < 1.29 is 19.4 Å². The number of benzene rings is 2. The Morgan fingerprint density at radius 1 is 0.941 bits per heavy atom. The Morgan fingerprint density at radius 2 is 1.62 bits per heavy atom. The van der Waals surface area contributed by atoms with Gasteiger partial charge in [0.1, 0.15) is 5.75 Å². The number of hydrogen-bond acceptors (Lipinski definition) is 7. The van der Waals surface area contributed by atoms with Crippen molar-refractivity contribution in [2.24, 2.45) is 0 Å². The monoisotopic (exact) mass is 460 g/mol. The van der Waals surface area contributed by atoms with E-state index in [4.69, 9.17) is 4.74 Å². The SMILES string of the molecule is COc1ccc2nccc([C@@H](O)CN3CCN(CCN4C(=O)c5ccccc5C4=O)CC3)c2c1. The fourth-order valence-corrected chi connectivity index (χ4v) is 4.79. The Kier molecular flexibility index (Phi) is 6.28. The standard InChI is InChI=1S/C26H28N4O4/c1-34-18-6-7-23-22(16-18)19(8-9-27-23)24(31)17-29-12-10-28(11-13-29)14-15-30-25(32)20-4-2-3-5-21(20)26(30)33/h2-9,16,24,31H,10-15,17H2,1H3/t24-/m0/s1. The summed E-state index contributed by atoms with van der Waals surface area (Å²) in [5.74, 6) is 0.327. The molecule has 2 aliphatic heterocycles. The Hall–Kier alpha value is -3.33. The molecule has 3 heterocycles. The number of methoxy groups -OCH3 is 1. The van der Waals surface area contributed by atoms with E-state index in [0.29, 0.717) is 30.8 Å². The maximum Gasteiger partial charge on any atom is 0.261 e. The zero-order chi connectivity index (χ0) is 23.7. The van der Waals surface area contributed by atoms with Gasteiger partial charge in [0, 0.05) is 57.4 Å². The molecule has 176 valence electrons. The molecular formula is C26H28N4O4. The van der Waals surface area contributed by atoms with Crippen LogP contribution in [-0.2, 0) is 0 Å². The number of nitrogens with zero attached hydrogens (tertiary/aromatic N) is 4. The summed E-state index contributed by atoms with van der Waals surface area (Å²) in [6, 6.07) is 14.5. The van der Waals surface area contributed by atoms with Gasteiger partial charge in [0.15, 0.2) is 0 Å². The fourth-order valence-electron chi connectivity index (χ4n) is 4.79. The third-order valence-corrected chi connectivity index (χ3v) is 6.76. The van der Waals surface area contributed by atoms with Crippen LogP contribution in [-0.4, -0.2) is 89.5 Å². The highest BCUT2D eigenvalue weighted by atomic mass is 16.5. The minimum Gasteiger partial charge on any atom is -0.497 e. The van der Waals surface area contributed by atoms with Crippen LogP contribution in [0.25, 0.3) is 10.9 Å². The predicted molar refractivity (Wildman–Crippen MR) is 128 cm³/mol. The molecule has 3 aromatic rings. The summed E-state index contributed by atoms with van der Waals surface area (Å²) in [6.45, 7) is 4.83. The second-order valence-corrected chi connectivity index (χ2v) is 8.75. The average Bonchev–Trinajstić information content (AvgIpc) is 3.12. The molecular weight excluding hydrogens is 432 g/mol. The molecule has 2 aliphatic rings. The van der Waals surface area contributed by atoms with Crippen LogP contribution < -0.4 is 4.74 Å². The molecule has 2 aromatic carbocycles. The number of ether oxygens (including phenoxy) is 1. The lowest BCUT2D eigenvalue weighted by molar-refractivity contribution is 0.0564. The quantitative estimate of drug-likeness (QED) is 0.541. The molecule has 5 rings (SSSR count). The molecule has 1 fully saturated rings. The lowest BCUT2D eigenvalue weighted by atomic mass is 10.0. The molecule has 1 N–H and O–H groups in total. The van der Waals surface area contributed by atoms with Crippen LogP contribution >= 0.6 is 0 Å². The number of hydrogen-bond donors (Lipinski definition) is 1. The number of aliphatic hydroxyl groups excluding tert-OH is 1. The zero-order valence-electron chi connectivity index (χ0n) is 19.2. The van der Waals surface area contributed by atoms with Crippen molar-refractivity contribution in [3.63, 3.8) is 0 Å². The highest BCUT2D eigenvalue weighted by Gasteiger charge is 2.35. The van der Waals surface area contributed by atoms with Crippen LogP contribution in [0.2, 0.25) is 0 Å². The zero-order valence-corrected chi connectivity index (χ0v) is 19.2. The third kappa shape index (κ3) is 4.27. The first kappa shape index (κ1) is 22.5. The van der Waals surface area contributed by atoms with E-state index in [2.05, 4.69) is 14.8 Å². The van der Waals surface area contributed by atoms with Gasteiger partial charge in [0.25, 0.3) is 11.8 Å². The Labute approximate surface area is 198 Å². The minimum atomic E-state index is -0.637. The number of carbonyl (C=O) groups excluding carboxylic acids is 2. The van der Waals surface area contributed by atoms with Gasteiger partial charge in [-0.3, -0.25) is 29.3 Å². The molecule has 0 unspecified atom stereocenters. The molecule has 0 spiro atoms. The maximum atomic E-state index is 12.6. The van der Waals surface area contributed by atoms with E-state index in [1.165, 1.54) is 4.90 Å². The molecule has 0 aliphatic carbocycles. The van der Waals surface area contributed by atoms with Crippen LogP contribution in [0, 0.1) is 0 Å². The summed E-state index contributed by atoms with van der Waals surface area (Å²) in [7, 11) is 1.63. The van der Waals surface area contributed by atoms with E-state index in [1.54, 1.807) is 37.6 Å². The lowest BCUT2D eigenvalue weighted by Crippen LogP contribution is -2.49. The first-order valence-corrected chi connectivity index (χ1v) is 11.6. The fraction of sp³-hybridized carbons (Fsp3) is 0.346. The van der Waals surface area contributed by atoms with Crippen molar-refractivity contribution in [3.05, 3.63) is 71.4 Å². The number of β-amino-alcohol motifs (C(OH)–C–C–N with tert-alkyl or cyclic N) is 1. The summed E-state index contributed by atoms with van der Waals surface area (Å²) in [5, 5.41) is 11.9. The van der Waals surface area contributed by atoms with Gasteiger partial charge in [-0.25, -0.2) is 0 Å². The third-order valence-electron chi connectivity index (χ3n) is 6.76. The van der Waals surface area contributed by atoms with E-state index in [-0.39, 0.29) is 11.8 Å². The predicted octanol–water partition coefficient (Wildman–Crippen LogP) is 2.19. The lowest BCUT2D eigenvalue weighted by Gasteiger charge is -2.36. The van der Waals surface area contributed by atoms with E-state index in [9.17, 15) is 14.7 Å². The van der Waals surface area contributed by atoms with Crippen LogP contribution in [0.1, 0.15) is 32.4 Å². The van der Waals surface area contributed by atoms with Crippen LogP contribution in [0.15, 0.2) is 54.7 Å². The number of imide groups is 1. The largest absolute Gasteiger partial charge is 0.497 e. The number of pyridine rings is 1. The maximum absolute atomic E-state index is 12.6. The number of aliphatic hydroxyl groups is 1. The number of aromatic nitrogens is 1. The summed E-state index contributed by atoms with van der Waals surface area (Å²) < 4.78 is 5.34. The van der Waals surface area contributed by atoms with Crippen LogP contribution in [0.5, 0.6) is 5.75 Å². The summed E-state index contributed by atoms with van der Waals surface area (Å²) in [5.41, 5.74) is 2.66. The topological polar surface area (TPSA) is 86.2 Å².